The summed E-state index contributed by atoms with van der Waals surface area (Å²) < 4.78 is 24.4. The second-order valence-electron chi connectivity index (χ2n) is 4.38. The highest BCUT2D eigenvalue weighted by Crippen LogP contribution is 2.17. The number of nitrogens with one attached hydrogen (secondary N) is 3. The molecule has 2 aromatic rings. The fourth-order valence-corrected chi connectivity index (χ4v) is 3.12. The van der Waals surface area contributed by atoms with E-state index in [4.69, 9.17) is 0 Å². The van der Waals surface area contributed by atoms with E-state index in [1.54, 1.807) is 11.4 Å². The number of hydrogen-bond donors (Lipinski definition) is 3. The Bertz CT molecular complexity index is 735. The maximum absolute atomic E-state index is 11.8. The number of rotatable bonds is 6. The minimum atomic E-state index is -3.36. The Kier molecular flexibility index (Phi) is 4.58. The summed E-state index contributed by atoms with van der Waals surface area (Å²) in [5, 5.41) is 11.3. The Balaban J connectivity index is 1.93. The number of aromatic amines is 1. The number of carbonyl (C=O) groups excluding carboxylic acids is 1. The van der Waals surface area contributed by atoms with Crippen LogP contribution < -0.4 is 10.0 Å². The molecule has 0 saturated carbocycles. The van der Waals surface area contributed by atoms with Crippen LogP contribution in [0, 0.1) is 0 Å². The summed E-state index contributed by atoms with van der Waals surface area (Å²) in [6.45, 7) is 1.98. The van der Waals surface area contributed by atoms with E-state index in [1.807, 2.05) is 6.92 Å². The number of anilines is 2. The Morgan fingerprint density at radius 1 is 1.48 bits per heavy atom. The van der Waals surface area contributed by atoms with Gasteiger partial charge in [-0.3, -0.25) is 14.6 Å². The lowest BCUT2D eigenvalue weighted by Gasteiger charge is -1.99. The number of hydrogen-bond acceptors (Lipinski definition) is 6. The van der Waals surface area contributed by atoms with Gasteiger partial charge in [0.2, 0.25) is 15.9 Å². The predicted octanol–water partition coefficient (Wildman–Crippen LogP) is 0.981. The van der Waals surface area contributed by atoms with E-state index < -0.39 is 10.0 Å². The Morgan fingerprint density at radius 2 is 2.24 bits per heavy atom. The van der Waals surface area contributed by atoms with Crippen LogP contribution in [0.2, 0.25) is 0 Å². The first-order valence-electron chi connectivity index (χ1n) is 6.12. The number of aryl methyl sites for hydroxylation is 1. The third-order valence-corrected chi connectivity index (χ3v) is 3.95. The van der Waals surface area contributed by atoms with Gasteiger partial charge in [0.05, 0.1) is 18.4 Å². The van der Waals surface area contributed by atoms with Crippen molar-refractivity contribution >= 4 is 38.2 Å². The van der Waals surface area contributed by atoms with Crippen LogP contribution >= 0.6 is 11.3 Å². The largest absolute Gasteiger partial charge is 0.309 e. The maximum atomic E-state index is 11.8. The topological polar surface area (TPSA) is 117 Å². The highest BCUT2D eigenvalue weighted by atomic mass is 32.2. The molecule has 0 unspecified atom stereocenters. The summed E-state index contributed by atoms with van der Waals surface area (Å²) in [5.74, 6) is 0.196. The van der Waals surface area contributed by atoms with Crippen LogP contribution in [0.5, 0.6) is 0 Å². The zero-order chi connectivity index (χ0) is 15.5. The van der Waals surface area contributed by atoms with E-state index in [9.17, 15) is 13.2 Å². The number of carbonyl (C=O) groups is 1. The molecule has 0 aromatic carbocycles. The number of aromatic nitrogens is 3. The average Bonchev–Trinajstić information content (AvgIpc) is 2.96. The first-order chi connectivity index (χ1) is 9.85. The number of nitrogens with zero attached hydrogens (tertiary/aromatic N) is 2. The molecule has 0 bridgehead atoms. The number of sulfonamides is 1. The van der Waals surface area contributed by atoms with E-state index in [0.29, 0.717) is 11.5 Å². The first kappa shape index (κ1) is 15.4. The van der Waals surface area contributed by atoms with Crippen LogP contribution in [0.3, 0.4) is 0 Å². The van der Waals surface area contributed by atoms with E-state index in [-0.39, 0.29) is 17.5 Å². The fourth-order valence-electron chi connectivity index (χ4n) is 1.55. The van der Waals surface area contributed by atoms with Crippen LogP contribution in [-0.4, -0.2) is 35.8 Å². The molecule has 0 fully saturated rings. The zero-order valence-electron chi connectivity index (χ0n) is 11.5. The molecule has 2 rings (SSSR count). The van der Waals surface area contributed by atoms with Crippen molar-refractivity contribution in [1.29, 1.82) is 0 Å². The second-order valence-corrected chi connectivity index (χ2v) is 6.98. The molecule has 0 radical (unpaired) electrons. The fraction of sp³-hybridized carbons (Fsp3) is 0.364. The van der Waals surface area contributed by atoms with Crippen molar-refractivity contribution in [3.63, 3.8) is 0 Å². The lowest BCUT2D eigenvalue weighted by molar-refractivity contribution is -0.115. The average molecular weight is 329 g/mol. The lowest BCUT2D eigenvalue weighted by Crippen LogP contribution is -2.15. The van der Waals surface area contributed by atoms with Gasteiger partial charge in [0.1, 0.15) is 0 Å². The third-order valence-electron chi connectivity index (χ3n) is 2.45. The van der Waals surface area contributed by atoms with E-state index in [0.717, 1.165) is 29.7 Å². The number of H-pyrrole nitrogens is 1. The van der Waals surface area contributed by atoms with Crippen LogP contribution in [0.1, 0.15) is 18.3 Å². The normalized spacial score (nSPS) is 11.3. The molecule has 1 amide bonds. The smallest absolute Gasteiger partial charge is 0.231 e. The number of thiazole rings is 1. The molecule has 10 heteroatoms. The van der Waals surface area contributed by atoms with E-state index in [1.165, 1.54) is 0 Å². The molecule has 2 heterocycles. The van der Waals surface area contributed by atoms with Crippen molar-refractivity contribution in [2.75, 3.05) is 16.3 Å². The van der Waals surface area contributed by atoms with Gasteiger partial charge in [-0.15, -0.1) is 11.3 Å². The lowest BCUT2D eigenvalue weighted by atomic mass is 10.3. The van der Waals surface area contributed by atoms with Gasteiger partial charge in [-0.1, -0.05) is 6.92 Å². The van der Waals surface area contributed by atoms with Crippen molar-refractivity contribution in [1.82, 2.24) is 15.2 Å². The summed E-state index contributed by atoms with van der Waals surface area (Å²) in [6.07, 6.45) is 1.90. The van der Waals surface area contributed by atoms with Gasteiger partial charge in [-0.25, -0.2) is 13.4 Å². The Morgan fingerprint density at radius 3 is 2.86 bits per heavy atom. The molecule has 0 atom stereocenters. The van der Waals surface area contributed by atoms with Crippen molar-refractivity contribution in [3.8, 4) is 0 Å². The maximum Gasteiger partial charge on any atom is 0.231 e. The molecule has 2 aromatic heterocycles. The summed E-state index contributed by atoms with van der Waals surface area (Å²) in [6, 6.07) is 1.76. The Labute approximate surface area is 126 Å². The molecule has 0 saturated heterocycles. The van der Waals surface area contributed by atoms with Gasteiger partial charge in [-0.05, 0) is 6.42 Å². The molecule has 0 aliphatic carbocycles. The summed E-state index contributed by atoms with van der Waals surface area (Å²) in [4.78, 5) is 15.9. The van der Waals surface area contributed by atoms with Crippen molar-refractivity contribution in [2.45, 2.75) is 19.8 Å². The second kappa shape index (κ2) is 6.22. The quantitative estimate of drug-likeness (QED) is 0.730. The standard InChI is InChI=1S/C11H15N5O3S2/c1-3-7-4-9(15-14-7)13-10(17)5-8-6-20-11(12-8)16-21(2,18)19/h4,6H,3,5H2,1-2H3,(H,12,16)(H2,13,14,15,17). The van der Waals surface area contributed by atoms with Crippen LogP contribution in [0.15, 0.2) is 11.4 Å². The summed E-state index contributed by atoms with van der Waals surface area (Å²) in [7, 11) is -3.36. The zero-order valence-corrected chi connectivity index (χ0v) is 13.1. The van der Waals surface area contributed by atoms with Gasteiger partial charge in [0, 0.05) is 17.1 Å². The molecular weight excluding hydrogens is 314 g/mol. The van der Waals surface area contributed by atoms with Crippen molar-refractivity contribution in [3.05, 3.63) is 22.8 Å². The molecule has 114 valence electrons. The molecule has 21 heavy (non-hydrogen) atoms. The minimum absolute atomic E-state index is 0.0518. The molecule has 3 N–H and O–H groups in total. The highest BCUT2D eigenvalue weighted by molar-refractivity contribution is 7.92. The molecule has 0 aliphatic rings. The van der Waals surface area contributed by atoms with Gasteiger partial charge < -0.3 is 5.32 Å². The van der Waals surface area contributed by atoms with Crippen LogP contribution in [0.25, 0.3) is 0 Å². The SMILES string of the molecule is CCc1cc(NC(=O)Cc2csc(NS(C)(=O)=O)n2)n[nH]1. The van der Waals surface area contributed by atoms with Crippen LogP contribution in [0.4, 0.5) is 10.9 Å². The monoisotopic (exact) mass is 329 g/mol. The summed E-state index contributed by atoms with van der Waals surface area (Å²) >= 11 is 1.13. The third kappa shape index (κ3) is 4.83. The highest BCUT2D eigenvalue weighted by Gasteiger charge is 2.11. The van der Waals surface area contributed by atoms with Gasteiger partial charge in [0.25, 0.3) is 0 Å². The summed E-state index contributed by atoms with van der Waals surface area (Å²) in [5.41, 5.74) is 1.42. The van der Waals surface area contributed by atoms with E-state index in [2.05, 4.69) is 25.2 Å². The molecule has 0 spiro atoms. The Hall–Kier alpha value is -1.94. The molecule has 8 nitrogen and oxygen atoms in total. The number of amides is 1. The first-order valence-corrected chi connectivity index (χ1v) is 8.89. The molecule has 0 aliphatic heterocycles. The minimum Gasteiger partial charge on any atom is -0.309 e. The van der Waals surface area contributed by atoms with Gasteiger partial charge >= 0.3 is 0 Å². The van der Waals surface area contributed by atoms with Crippen molar-refractivity contribution in [2.24, 2.45) is 0 Å². The van der Waals surface area contributed by atoms with Gasteiger partial charge in [-0.2, -0.15) is 5.10 Å². The predicted molar refractivity (Wildman–Crippen MR) is 80.9 cm³/mol. The van der Waals surface area contributed by atoms with Crippen molar-refractivity contribution < 1.29 is 13.2 Å². The van der Waals surface area contributed by atoms with Gasteiger partial charge in [0.15, 0.2) is 10.9 Å². The van der Waals surface area contributed by atoms with Crippen LogP contribution in [-0.2, 0) is 27.7 Å². The van der Waals surface area contributed by atoms with E-state index >= 15 is 0 Å². The molecular formula is C11H15N5O3S2.